The minimum atomic E-state index is -0.178. The highest BCUT2D eigenvalue weighted by molar-refractivity contribution is 6.00. The van der Waals surface area contributed by atoms with Crippen LogP contribution in [0.3, 0.4) is 0 Å². The van der Waals surface area contributed by atoms with Gasteiger partial charge in [0.2, 0.25) is 0 Å². The Kier molecular flexibility index (Phi) is 6.20. The molecule has 112 valence electrons. The summed E-state index contributed by atoms with van der Waals surface area (Å²) in [5, 5.41) is 10.8. The number of benzene rings is 1. The fraction of sp³-hybridized carbons (Fsp3) is 0.250. The van der Waals surface area contributed by atoms with E-state index < -0.39 is 0 Å². The van der Waals surface area contributed by atoms with Crippen molar-refractivity contribution in [3.8, 4) is 5.75 Å². The first kappa shape index (κ1) is 16.5. The Hall–Kier alpha value is -2.56. The highest BCUT2D eigenvalue weighted by atomic mass is 16.5. The number of nitrogens with one attached hydrogen (secondary N) is 3. The van der Waals surface area contributed by atoms with Crippen LogP contribution in [0.15, 0.2) is 41.3 Å². The second-order valence-corrected chi connectivity index (χ2v) is 4.07. The van der Waals surface area contributed by atoms with E-state index >= 15 is 0 Å². The van der Waals surface area contributed by atoms with Crippen molar-refractivity contribution in [2.45, 2.75) is 20.8 Å². The molecule has 5 heteroatoms. The molecule has 0 bridgehead atoms. The first-order valence-electron chi connectivity index (χ1n) is 6.80. The summed E-state index contributed by atoms with van der Waals surface area (Å²) in [5.41, 5.74) is 1.20. The molecule has 0 aliphatic rings. The number of hydrogen-bond acceptors (Lipinski definition) is 4. The molecule has 0 aliphatic carbocycles. The summed E-state index contributed by atoms with van der Waals surface area (Å²) in [6.07, 6.45) is 1.56. The Bertz CT molecular complexity index is 645. The van der Waals surface area contributed by atoms with E-state index in [4.69, 9.17) is 10.1 Å². The molecule has 0 aliphatic heterocycles. The lowest BCUT2D eigenvalue weighted by Crippen LogP contribution is -2.15. The van der Waals surface area contributed by atoms with Gasteiger partial charge in [-0.2, -0.15) is 0 Å². The molecule has 5 nitrogen and oxygen atoms in total. The van der Waals surface area contributed by atoms with E-state index in [0.29, 0.717) is 11.4 Å². The zero-order valence-electron chi connectivity index (χ0n) is 12.8. The topological polar surface area (TPSA) is 78.0 Å². The van der Waals surface area contributed by atoms with Crippen molar-refractivity contribution < 1.29 is 4.74 Å². The quantitative estimate of drug-likeness (QED) is 0.753. The molecule has 1 aromatic heterocycles. The fourth-order valence-electron chi connectivity index (χ4n) is 1.77. The van der Waals surface area contributed by atoms with Gasteiger partial charge in [-0.25, -0.2) is 0 Å². The van der Waals surface area contributed by atoms with Crippen molar-refractivity contribution >= 4 is 17.2 Å². The molecule has 3 N–H and O–H groups in total. The smallest absolute Gasteiger partial charge is 0.192 e. The van der Waals surface area contributed by atoms with E-state index in [-0.39, 0.29) is 11.1 Å². The van der Waals surface area contributed by atoms with Crippen LogP contribution in [-0.2, 0) is 0 Å². The fourth-order valence-corrected chi connectivity index (χ4v) is 1.77. The van der Waals surface area contributed by atoms with E-state index in [2.05, 4.69) is 10.3 Å². The average Bonchev–Trinajstić information content (AvgIpc) is 2.50. The van der Waals surface area contributed by atoms with E-state index in [1.165, 1.54) is 6.07 Å². The minimum absolute atomic E-state index is 0.178. The molecule has 2 rings (SSSR count). The van der Waals surface area contributed by atoms with Crippen LogP contribution in [0.1, 0.15) is 26.3 Å². The summed E-state index contributed by atoms with van der Waals surface area (Å²) >= 11 is 0. The van der Waals surface area contributed by atoms with Gasteiger partial charge in [0.15, 0.2) is 5.43 Å². The van der Waals surface area contributed by atoms with E-state index in [9.17, 15) is 4.79 Å². The molecule has 0 amide bonds. The van der Waals surface area contributed by atoms with E-state index in [0.717, 1.165) is 11.4 Å². The molecule has 1 heterocycles. The van der Waals surface area contributed by atoms with Crippen LogP contribution in [-0.4, -0.2) is 17.8 Å². The zero-order chi connectivity index (χ0) is 15.8. The van der Waals surface area contributed by atoms with Gasteiger partial charge >= 0.3 is 0 Å². The van der Waals surface area contributed by atoms with E-state index in [1.807, 2.05) is 38.1 Å². The van der Waals surface area contributed by atoms with Crippen molar-refractivity contribution in [2.75, 3.05) is 12.4 Å². The van der Waals surface area contributed by atoms with Gasteiger partial charge in [0, 0.05) is 23.7 Å². The number of pyridine rings is 1. The number of rotatable bonds is 4. The maximum absolute atomic E-state index is 11.8. The largest absolute Gasteiger partial charge is 0.497 e. The molecule has 21 heavy (non-hydrogen) atoms. The first-order chi connectivity index (χ1) is 10.1. The maximum Gasteiger partial charge on any atom is 0.192 e. The second kappa shape index (κ2) is 7.89. The van der Waals surface area contributed by atoms with Crippen LogP contribution in [0.25, 0.3) is 0 Å². The third-order valence-corrected chi connectivity index (χ3v) is 2.69. The number of anilines is 2. The van der Waals surface area contributed by atoms with Gasteiger partial charge in [-0.1, -0.05) is 13.8 Å². The van der Waals surface area contributed by atoms with Crippen LogP contribution in [0, 0.1) is 5.41 Å². The maximum atomic E-state index is 11.8. The molecule has 0 unspecified atom stereocenters. The first-order valence-corrected chi connectivity index (χ1v) is 6.80. The van der Waals surface area contributed by atoms with Crippen LogP contribution in [0.5, 0.6) is 5.75 Å². The van der Waals surface area contributed by atoms with Crippen molar-refractivity contribution in [2.24, 2.45) is 0 Å². The molecular weight excluding hydrogens is 266 g/mol. The predicted octanol–water partition coefficient (Wildman–Crippen LogP) is 3.54. The van der Waals surface area contributed by atoms with Crippen molar-refractivity contribution in [3.63, 3.8) is 0 Å². The summed E-state index contributed by atoms with van der Waals surface area (Å²) in [7, 11) is 1.60. The van der Waals surface area contributed by atoms with Gasteiger partial charge in [-0.3, -0.25) is 4.79 Å². The molecule has 0 spiro atoms. The van der Waals surface area contributed by atoms with Crippen molar-refractivity contribution in [3.05, 3.63) is 52.3 Å². The SMILES string of the molecule is CC.COc1ccc(Nc2[nH]ccc(=O)c2C(C)=N)cc1. The Morgan fingerprint density at radius 3 is 2.33 bits per heavy atom. The standard InChI is InChI=1S/C14H15N3O2.C2H6/c1-9(15)13-12(18)7-8-16-14(13)17-10-3-5-11(19-2)6-4-10;1-2/h3-8,15H,1-2H3,(H2,16,17,18);1-2H3. The van der Waals surface area contributed by atoms with Crippen molar-refractivity contribution in [1.29, 1.82) is 5.41 Å². The lowest BCUT2D eigenvalue weighted by atomic mass is 10.1. The second-order valence-electron chi connectivity index (χ2n) is 4.07. The molecule has 0 radical (unpaired) electrons. The summed E-state index contributed by atoms with van der Waals surface area (Å²) in [4.78, 5) is 14.7. The lowest BCUT2D eigenvalue weighted by Gasteiger charge is -2.10. The Balaban J connectivity index is 0.00000106. The van der Waals surface area contributed by atoms with Crippen LogP contribution < -0.4 is 15.5 Å². The average molecular weight is 287 g/mol. The third-order valence-electron chi connectivity index (χ3n) is 2.69. The number of H-pyrrole nitrogens is 1. The van der Waals surface area contributed by atoms with Gasteiger partial charge < -0.3 is 20.4 Å². The third kappa shape index (κ3) is 4.21. The Morgan fingerprint density at radius 1 is 1.19 bits per heavy atom. The summed E-state index contributed by atoms with van der Waals surface area (Å²) in [6.45, 7) is 5.59. The Labute approximate surface area is 124 Å². The summed E-state index contributed by atoms with van der Waals surface area (Å²) in [5.74, 6) is 1.28. The zero-order valence-corrected chi connectivity index (χ0v) is 12.8. The van der Waals surface area contributed by atoms with Gasteiger partial charge in [0.05, 0.1) is 12.7 Å². The molecule has 0 saturated heterocycles. The number of hydrogen-bond donors (Lipinski definition) is 3. The molecule has 2 aromatic rings. The molecule has 0 fully saturated rings. The number of ether oxygens (including phenoxy) is 1. The van der Waals surface area contributed by atoms with Crippen molar-refractivity contribution in [1.82, 2.24) is 4.98 Å². The number of aromatic amines is 1. The van der Waals surface area contributed by atoms with Crippen LogP contribution in [0.4, 0.5) is 11.5 Å². The molecule has 1 aromatic carbocycles. The number of aromatic nitrogens is 1. The van der Waals surface area contributed by atoms with Gasteiger partial charge in [-0.15, -0.1) is 0 Å². The molecule has 0 saturated carbocycles. The Morgan fingerprint density at radius 2 is 1.81 bits per heavy atom. The van der Waals surface area contributed by atoms with Crippen LogP contribution in [0.2, 0.25) is 0 Å². The van der Waals surface area contributed by atoms with E-state index in [1.54, 1.807) is 20.2 Å². The highest BCUT2D eigenvalue weighted by Crippen LogP contribution is 2.19. The minimum Gasteiger partial charge on any atom is -0.497 e. The summed E-state index contributed by atoms with van der Waals surface area (Å²) < 4.78 is 5.08. The lowest BCUT2D eigenvalue weighted by molar-refractivity contribution is 0.415. The molecule has 0 atom stereocenters. The van der Waals surface area contributed by atoms with Gasteiger partial charge in [-0.05, 0) is 31.2 Å². The predicted molar refractivity (Wildman–Crippen MR) is 87.2 cm³/mol. The monoisotopic (exact) mass is 287 g/mol. The van der Waals surface area contributed by atoms with Gasteiger partial charge in [0.1, 0.15) is 11.6 Å². The number of methoxy groups -OCH3 is 1. The summed E-state index contributed by atoms with van der Waals surface area (Å²) in [6, 6.07) is 8.73. The van der Waals surface area contributed by atoms with Gasteiger partial charge in [0.25, 0.3) is 0 Å². The highest BCUT2D eigenvalue weighted by Gasteiger charge is 2.09. The van der Waals surface area contributed by atoms with Crippen LogP contribution >= 0.6 is 0 Å². The molecular formula is C16H21N3O2. The normalized spacial score (nSPS) is 9.33.